The fourth-order valence-electron chi connectivity index (χ4n) is 2.70. The lowest BCUT2D eigenvalue weighted by atomic mass is 10.2. The lowest BCUT2D eigenvalue weighted by Crippen LogP contribution is -2.12. The highest BCUT2D eigenvalue weighted by atomic mass is 32.2. The smallest absolute Gasteiger partial charge is 0.296 e. The number of unbranched alkanes of at least 4 members (excludes halogenated alkanes) is 1. The molecule has 2 aromatic carbocycles. The number of hydrogen-bond acceptors (Lipinski definition) is 5. The lowest BCUT2D eigenvalue weighted by Gasteiger charge is -2.11. The van der Waals surface area contributed by atoms with Gasteiger partial charge in [-0.1, -0.05) is 23.8 Å². The summed E-state index contributed by atoms with van der Waals surface area (Å²) in [6, 6.07) is 10.9. The molecule has 0 bridgehead atoms. The molecular formula is C22H28F2O5S. The molecule has 0 heterocycles. The van der Waals surface area contributed by atoms with Crippen molar-refractivity contribution in [2.24, 2.45) is 0 Å². The number of aryl methyl sites for hydroxylation is 1. The average molecular weight is 443 g/mol. The number of alkyl halides is 1. The molecule has 5 nitrogen and oxygen atoms in total. The van der Waals surface area contributed by atoms with Gasteiger partial charge in [0, 0.05) is 0 Å². The van der Waals surface area contributed by atoms with Crippen molar-refractivity contribution in [1.82, 2.24) is 0 Å². The van der Waals surface area contributed by atoms with Crippen LogP contribution in [-0.2, 0) is 25.6 Å². The van der Waals surface area contributed by atoms with Gasteiger partial charge in [-0.25, -0.2) is 8.78 Å². The fourth-order valence-corrected chi connectivity index (χ4v) is 3.65. The van der Waals surface area contributed by atoms with Crippen LogP contribution in [0.1, 0.15) is 37.3 Å². The van der Waals surface area contributed by atoms with Crippen molar-refractivity contribution in [3.63, 3.8) is 0 Å². The highest BCUT2D eigenvalue weighted by molar-refractivity contribution is 7.86. The van der Waals surface area contributed by atoms with E-state index in [1.165, 1.54) is 24.3 Å². The molecule has 2 aromatic rings. The van der Waals surface area contributed by atoms with Gasteiger partial charge in [-0.2, -0.15) is 8.42 Å². The average Bonchev–Trinajstić information content (AvgIpc) is 2.70. The number of rotatable bonds is 13. The maximum Gasteiger partial charge on any atom is 0.296 e. The van der Waals surface area contributed by atoms with Crippen LogP contribution < -0.4 is 4.74 Å². The van der Waals surface area contributed by atoms with Crippen LogP contribution >= 0.6 is 0 Å². The Morgan fingerprint density at radius 2 is 1.80 bits per heavy atom. The third-order valence-electron chi connectivity index (χ3n) is 4.32. The number of halogens is 2. The Bertz CT molecular complexity index is 885. The zero-order valence-electron chi connectivity index (χ0n) is 17.3. The van der Waals surface area contributed by atoms with E-state index in [4.69, 9.17) is 13.7 Å². The molecule has 0 spiro atoms. The Kier molecular flexibility index (Phi) is 9.68. The Morgan fingerprint density at radius 1 is 1.07 bits per heavy atom. The Morgan fingerprint density at radius 3 is 2.47 bits per heavy atom. The first kappa shape index (κ1) is 24.2. The van der Waals surface area contributed by atoms with Crippen molar-refractivity contribution in [1.29, 1.82) is 0 Å². The van der Waals surface area contributed by atoms with Crippen LogP contribution in [0.5, 0.6) is 5.75 Å². The van der Waals surface area contributed by atoms with Gasteiger partial charge in [-0.05, 0) is 62.9 Å². The molecule has 0 amide bonds. The summed E-state index contributed by atoms with van der Waals surface area (Å²) in [6.45, 7) is 3.99. The van der Waals surface area contributed by atoms with E-state index in [1.807, 2.05) is 6.92 Å². The maximum atomic E-state index is 13.9. The Balaban J connectivity index is 1.61. The molecule has 0 aromatic heterocycles. The molecule has 2 rings (SSSR count). The molecule has 0 saturated heterocycles. The minimum atomic E-state index is -3.79. The standard InChI is InChI=1S/C22H28F2O5S/c1-3-28-22-12-9-18(14-21(22)24)15-27-16-19(23)6-4-5-13-29-30(25,26)20-10-7-17(2)8-11-20/h7-12,14,19H,3-6,13,15-16H2,1-2H3. The monoisotopic (exact) mass is 442 g/mol. The number of hydrogen-bond donors (Lipinski definition) is 0. The van der Waals surface area contributed by atoms with Gasteiger partial charge in [0.05, 0.1) is 31.3 Å². The Hall–Kier alpha value is -2.03. The van der Waals surface area contributed by atoms with Gasteiger partial charge < -0.3 is 9.47 Å². The molecule has 8 heteroatoms. The van der Waals surface area contributed by atoms with E-state index in [0.717, 1.165) is 5.56 Å². The van der Waals surface area contributed by atoms with Crippen LogP contribution in [0.3, 0.4) is 0 Å². The second-order valence-electron chi connectivity index (χ2n) is 6.90. The molecule has 0 aliphatic carbocycles. The number of ether oxygens (including phenoxy) is 2. The zero-order valence-corrected chi connectivity index (χ0v) is 18.1. The second-order valence-corrected chi connectivity index (χ2v) is 8.51. The molecular weight excluding hydrogens is 414 g/mol. The summed E-state index contributed by atoms with van der Waals surface area (Å²) >= 11 is 0. The van der Waals surface area contributed by atoms with Crippen molar-refractivity contribution < 1.29 is 30.9 Å². The van der Waals surface area contributed by atoms with Crippen LogP contribution in [0.4, 0.5) is 8.78 Å². The minimum Gasteiger partial charge on any atom is -0.491 e. The van der Waals surface area contributed by atoms with Crippen LogP contribution in [0.15, 0.2) is 47.4 Å². The van der Waals surface area contributed by atoms with E-state index in [-0.39, 0.29) is 36.9 Å². The molecule has 0 aliphatic heterocycles. The van der Waals surface area contributed by atoms with Crippen molar-refractivity contribution in [3.8, 4) is 5.75 Å². The van der Waals surface area contributed by atoms with Crippen molar-refractivity contribution >= 4 is 10.1 Å². The zero-order chi connectivity index (χ0) is 22.0. The van der Waals surface area contributed by atoms with E-state index in [1.54, 1.807) is 25.1 Å². The number of benzene rings is 2. The van der Waals surface area contributed by atoms with Gasteiger partial charge in [0.2, 0.25) is 0 Å². The predicted molar refractivity (Wildman–Crippen MR) is 110 cm³/mol. The molecule has 166 valence electrons. The van der Waals surface area contributed by atoms with Crippen LogP contribution in [0.2, 0.25) is 0 Å². The molecule has 0 fully saturated rings. The predicted octanol–water partition coefficient (Wildman–Crippen LogP) is 4.96. The molecule has 30 heavy (non-hydrogen) atoms. The summed E-state index contributed by atoms with van der Waals surface area (Å²) < 4.78 is 67.2. The highest BCUT2D eigenvalue weighted by Crippen LogP contribution is 2.19. The molecule has 0 saturated carbocycles. The van der Waals surface area contributed by atoms with E-state index < -0.39 is 22.1 Å². The van der Waals surface area contributed by atoms with Gasteiger partial charge in [0.15, 0.2) is 11.6 Å². The maximum absolute atomic E-state index is 13.9. The van der Waals surface area contributed by atoms with E-state index in [0.29, 0.717) is 25.0 Å². The van der Waals surface area contributed by atoms with Gasteiger partial charge >= 0.3 is 0 Å². The lowest BCUT2D eigenvalue weighted by molar-refractivity contribution is 0.0649. The minimum absolute atomic E-state index is 0.00472. The summed E-state index contributed by atoms with van der Waals surface area (Å²) in [5.74, 6) is -0.299. The summed E-state index contributed by atoms with van der Waals surface area (Å²) in [5.41, 5.74) is 1.55. The van der Waals surface area contributed by atoms with Crippen molar-refractivity contribution in [2.75, 3.05) is 19.8 Å². The fraction of sp³-hybridized carbons (Fsp3) is 0.455. The van der Waals surface area contributed by atoms with Crippen LogP contribution in [-0.4, -0.2) is 34.4 Å². The van der Waals surface area contributed by atoms with E-state index >= 15 is 0 Å². The summed E-state index contributed by atoms with van der Waals surface area (Å²) in [6.07, 6.45) is -0.0847. The van der Waals surface area contributed by atoms with Crippen molar-refractivity contribution in [3.05, 3.63) is 59.4 Å². The SMILES string of the molecule is CCOc1ccc(COCC(F)CCCCOS(=O)(=O)c2ccc(C)cc2)cc1F. The largest absolute Gasteiger partial charge is 0.491 e. The molecule has 1 unspecified atom stereocenters. The first-order valence-corrected chi connectivity index (χ1v) is 11.3. The summed E-state index contributed by atoms with van der Waals surface area (Å²) in [7, 11) is -3.79. The Labute approximate surface area is 177 Å². The quantitative estimate of drug-likeness (QED) is 0.324. The van der Waals surface area contributed by atoms with Crippen molar-refractivity contribution in [2.45, 2.75) is 50.8 Å². The molecule has 0 radical (unpaired) electrons. The van der Waals surface area contributed by atoms with Gasteiger partial charge in [-0.3, -0.25) is 4.18 Å². The second kappa shape index (κ2) is 12.0. The normalized spacial score (nSPS) is 12.7. The third-order valence-corrected chi connectivity index (χ3v) is 5.65. The van der Waals surface area contributed by atoms with Gasteiger partial charge in [0.1, 0.15) is 6.17 Å². The van der Waals surface area contributed by atoms with Gasteiger partial charge in [0.25, 0.3) is 10.1 Å². The third kappa shape index (κ3) is 8.01. The first-order chi connectivity index (χ1) is 14.3. The molecule has 0 N–H and O–H groups in total. The summed E-state index contributed by atoms with van der Waals surface area (Å²) in [4.78, 5) is 0.107. The van der Waals surface area contributed by atoms with Crippen LogP contribution in [0, 0.1) is 12.7 Å². The van der Waals surface area contributed by atoms with Crippen LogP contribution in [0.25, 0.3) is 0 Å². The van der Waals surface area contributed by atoms with Gasteiger partial charge in [-0.15, -0.1) is 0 Å². The van der Waals surface area contributed by atoms with E-state index in [2.05, 4.69) is 0 Å². The van der Waals surface area contributed by atoms with E-state index in [9.17, 15) is 17.2 Å². The first-order valence-electron chi connectivity index (χ1n) is 9.91. The highest BCUT2D eigenvalue weighted by Gasteiger charge is 2.15. The topological polar surface area (TPSA) is 61.8 Å². The molecule has 1 atom stereocenters. The molecule has 0 aliphatic rings. The summed E-state index contributed by atoms with van der Waals surface area (Å²) in [5, 5.41) is 0.